The number of hydrogen-bond donors (Lipinski definition) is 5. The summed E-state index contributed by atoms with van der Waals surface area (Å²) in [5, 5.41) is 50.2. The van der Waals surface area contributed by atoms with Crippen LogP contribution in [0.1, 0.15) is 25.8 Å². The molecule has 4 rings (SSSR count). The van der Waals surface area contributed by atoms with Crippen LogP contribution in [0.25, 0.3) is 6.08 Å². The number of carboxylic acid groups (broad SMARTS) is 1. The fourth-order valence-corrected chi connectivity index (χ4v) is 5.67. The fourth-order valence-electron chi connectivity index (χ4n) is 5.67. The van der Waals surface area contributed by atoms with Crippen molar-refractivity contribution in [2.24, 2.45) is 11.8 Å². The largest absolute Gasteiger partial charge is 0.497 e. The number of esters is 2. The maximum Gasteiger partial charge on any atom is 0.335 e. The lowest BCUT2D eigenvalue weighted by atomic mass is 9.80. The number of aliphatic hydroxyl groups is 4. The zero-order chi connectivity index (χ0) is 30.8. The molecule has 42 heavy (non-hydrogen) atoms. The lowest BCUT2D eigenvalue weighted by Crippen LogP contribution is -2.61. The van der Waals surface area contributed by atoms with Crippen LogP contribution >= 0.6 is 0 Å². The predicted molar refractivity (Wildman–Crippen MR) is 139 cm³/mol. The van der Waals surface area contributed by atoms with E-state index in [1.165, 1.54) is 26.2 Å². The molecule has 0 aromatic heterocycles. The number of ether oxygens (including phenoxy) is 6. The Labute approximate surface area is 240 Å². The van der Waals surface area contributed by atoms with Gasteiger partial charge in [-0.1, -0.05) is 12.1 Å². The van der Waals surface area contributed by atoms with Crippen LogP contribution in [-0.2, 0) is 38.1 Å². The van der Waals surface area contributed by atoms with Gasteiger partial charge in [-0.25, -0.2) is 9.59 Å². The van der Waals surface area contributed by atoms with Gasteiger partial charge >= 0.3 is 17.9 Å². The van der Waals surface area contributed by atoms with Gasteiger partial charge in [0, 0.05) is 25.3 Å². The number of aliphatic hydroxyl groups excluding tert-OH is 4. The molecule has 1 aliphatic carbocycles. The molecule has 2 fully saturated rings. The van der Waals surface area contributed by atoms with Crippen LogP contribution in [0, 0.1) is 11.8 Å². The van der Waals surface area contributed by atoms with Gasteiger partial charge in [0.05, 0.1) is 31.5 Å². The zero-order valence-corrected chi connectivity index (χ0v) is 23.1. The van der Waals surface area contributed by atoms with Gasteiger partial charge in [-0.15, -0.1) is 0 Å². The SMILES string of the molecule is COc1ccc(/C=C/C(=O)O[C@@H]2C[C@](C)(OC(C)=O)[C@H]3[C@H](O[C@@H]4O[C@H](CO)[C@@H](O)[C@H](O)[C@H]4O)OC=C(C(=O)O)[C@H]32)cc1. The van der Waals surface area contributed by atoms with Crippen molar-refractivity contribution in [3.05, 3.63) is 47.7 Å². The van der Waals surface area contributed by atoms with E-state index < -0.39 is 85.1 Å². The number of fused-ring (bicyclic) bond motifs is 1. The molecule has 1 saturated heterocycles. The summed E-state index contributed by atoms with van der Waals surface area (Å²) in [6.45, 7) is 1.95. The normalized spacial score (nSPS) is 36.0. The second-order valence-electron chi connectivity index (χ2n) is 10.5. The molecule has 14 heteroatoms. The second-order valence-corrected chi connectivity index (χ2v) is 10.5. The van der Waals surface area contributed by atoms with E-state index in [2.05, 4.69) is 0 Å². The smallest absolute Gasteiger partial charge is 0.335 e. The molecule has 230 valence electrons. The van der Waals surface area contributed by atoms with Gasteiger partial charge in [0.25, 0.3) is 0 Å². The van der Waals surface area contributed by atoms with Crippen molar-refractivity contribution in [2.75, 3.05) is 13.7 Å². The lowest BCUT2D eigenvalue weighted by molar-refractivity contribution is -0.346. The summed E-state index contributed by atoms with van der Waals surface area (Å²) < 4.78 is 33.2. The minimum Gasteiger partial charge on any atom is -0.497 e. The summed E-state index contributed by atoms with van der Waals surface area (Å²) in [6, 6.07) is 6.85. The molecule has 10 atom stereocenters. The minimum absolute atomic E-state index is 0.132. The van der Waals surface area contributed by atoms with Crippen LogP contribution in [0.4, 0.5) is 0 Å². The first kappa shape index (κ1) is 31.4. The second kappa shape index (κ2) is 12.8. The average molecular weight is 595 g/mol. The summed E-state index contributed by atoms with van der Waals surface area (Å²) in [7, 11) is 1.52. The molecule has 1 aromatic carbocycles. The van der Waals surface area contributed by atoms with E-state index >= 15 is 0 Å². The first-order chi connectivity index (χ1) is 19.9. The standard InChI is InChI=1S/C28H34O14/c1-13(30)42-28(2)10-17(39-19(31)9-6-14-4-7-15(37-3)8-5-14)20-16(25(35)36)12-38-26(21(20)28)41-27-24(34)23(33)22(32)18(11-29)40-27/h4-9,12,17-18,20-24,26-27,29,32-34H,10-11H2,1-3H3,(H,35,36)/b9-6+/t17-,18-,20+,21-,22-,23+,24-,26+,27+,28+/m1/s1. The molecule has 5 N–H and O–H groups in total. The number of carbonyl (C=O) groups excluding carboxylic acids is 2. The Balaban J connectivity index is 1.61. The van der Waals surface area contributed by atoms with Crippen molar-refractivity contribution < 1.29 is 68.3 Å². The quantitative estimate of drug-likeness (QED) is 0.184. The van der Waals surface area contributed by atoms with Crippen LogP contribution in [0.2, 0.25) is 0 Å². The van der Waals surface area contributed by atoms with Crippen LogP contribution < -0.4 is 4.74 Å². The Morgan fingerprint density at radius 3 is 2.36 bits per heavy atom. The van der Waals surface area contributed by atoms with Gasteiger partial charge in [-0.05, 0) is 30.7 Å². The molecule has 2 aliphatic heterocycles. The van der Waals surface area contributed by atoms with Gasteiger partial charge in [-0.3, -0.25) is 4.79 Å². The summed E-state index contributed by atoms with van der Waals surface area (Å²) in [5.74, 6) is -4.45. The van der Waals surface area contributed by atoms with E-state index in [0.29, 0.717) is 11.3 Å². The highest BCUT2D eigenvalue weighted by Crippen LogP contribution is 2.52. The Bertz CT molecular complexity index is 1210. The zero-order valence-electron chi connectivity index (χ0n) is 23.1. The molecule has 0 unspecified atom stereocenters. The number of carbonyl (C=O) groups is 3. The third-order valence-electron chi connectivity index (χ3n) is 7.62. The minimum atomic E-state index is -1.78. The lowest BCUT2D eigenvalue weighted by Gasteiger charge is -2.44. The number of benzene rings is 1. The highest BCUT2D eigenvalue weighted by atomic mass is 16.8. The van der Waals surface area contributed by atoms with Crippen molar-refractivity contribution in [1.82, 2.24) is 0 Å². The van der Waals surface area contributed by atoms with Crippen molar-refractivity contribution >= 4 is 24.0 Å². The summed E-state index contributed by atoms with van der Waals surface area (Å²) in [5.41, 5.74) is -1.09. The highest BCUT2D eigenvalue weighted by molar-refractivity contribution is 5.89. The van der Waals surface area contributed by atoms with Gasteiger partial charge < -0.3 is 54.0 Å². The van der Waals surface area contributed by atoms with Crippen molar-refractivity contribution in [3.63, 3.8) is 0 Å². The first-order valence-electron chi connectivity index (χ1n) is 13.2. The number of aliphatic carboxylic acids is 1. The van der Waals surface area contributed by atoms with Crippen molar-refractivity contribution in [2.45, 2.75) is 69.0 Å². The molecular weight excluding hydrogens is 560 g/mol. The van der Waals surface area contributed by atoms with Gasteiger partial charge in [0.2, 0.25) is 6.29 Å². The Kier molecular flexibility index (Phi) is 9.55. The van der Waals surface area contributed by atoms with E-state index in [9.17, 15) is 39.9 Å². The van der Waals surface area contributed by atoms with Gasteiger partial charge in [0.15, 0.2) is 6.29 Å². The molecule has 0 bridgehead atoms. The molecule has 1 saturated carbocycles. The maximum atomic E-state index is 12.9. The highest BCUT2D eigenvalue weighted by Gasteiger charge is 2.63. The number of hydrogen-bond acceptors (Lipinski definition) is 13. The van der Waals surface area contributed by atoms with Gasteiger partial charge in [0.1, 0.15) is 41.9 Å². The molecule has 0 radical (unpaired) electrons. The Morgan fingerprint density at radius 1 is 1.07 bits per heavy atom. The Hall–Kier alpha value is -3.53. The van der Waals surface area contributed by atoms with Crippen molar-refractivity contribution in [1.29, 1.82) is 0 Å². The molecular formula is C28H34O14. The third kappa shape index (κ3) is 6.43. The van der Waals surface area contributed by atoms with Crippen LogP contribution in [0.3, 0.4) is 0 Å². The van der Waals surface area contributed by atoms with E-state index in [-0.39, 0.29) is 12.0 Å². The molecule has 0 spiro atoms. The van der Waals surface area contributed by atoms with E-state index in [1.54, 1.807) is 24.3 Å². The average Bonchev–Trinajstić information content (AvgIpc) is 3.23. The monoisotopic (exact) mass is 594 g/mol. The van der Waals surface area contributed by atoms with E-state index in [1.807, 2.05) is 0 Å². The number of rotatable bonds is 9. The Morgan fingerprint density at radius 2 is 1.76 bits per heavy atom. The predicted octanol–water partition coefficient (Wildman–Crippen LogP) is -0.281. The molecule has 3 aliphatic rings. The third-order valence-corrected chi connectivity index (χ3v) is 7.62. The molecule has 14 nitrogen and oxygen atoms in total. The van der Waals surface area contributed by atoms with E-state index in [4.69, 9.17) is 28.4 Å². The summed E-state index contributed by atoms with van der Waals surface area (Å²) >= 11 is 0. The number of methoxy groups -OCH3 is 1. The molecule has 0 amide bonds. The molecule has 2 heterocycles. The topological polar surface area (TPSA) is 208 Å². The summed E-state index contributed by atoms with van der Waals surface area (Å²) in [6.07, 6.45) is -7.20. The van der Waals surface area contributed by atoms with Crippen LogP contribution in [0.5, 0.6) is 5.75 Å². The number of carboxylic acids is 1. The van der Waals surface area contributed by atoms with Crippen LogP contribution in [0.15, 0.2) is 42.2 Å². The molecule has 1 aromatic rings. The van der Waals surface area contributed by atoms with Crippen molar-refractivity contribution in [3.8, 4) is 5.75 Å². The summed E-state index contributed by atoms with van der Waals surface area (Å²) in [4.78, 5) is 37.2. The first-order valence-corrected chi connectivity index (χ1v) is 13.2. The maximum absolute atomic E-state index is 12.9. The van der Waals surface area contributed by atoms with E-state index in [0.717, 1.165) is 13.2 Å². The van der Waals surface area contributed by atoms with Gasteiger partial charge in [-0.2, -0.15) is 0 Å². The van der Waals surface area contributed by atoms with Crippen LogP contribution in [-0.4, -0.2) is 106 Å². The fraction of sp³-hybridized carbons (Fsp3) is 0.536.